The van der Waals surface area contributed by atoms with Crippen LogP contribution in [0.1, 0.15) is 23.6 Å². The molecule has 0 unspecified atom stereocenters. The highest BCUT2D eigenvalue weighted by Crippen LogP contribution is 2.25. The zero-order valence-corrected chi connectivity index (χ0v) is 6.85. The lowest BCUT2D eigenvalue weighted by molar-refractivity contribution is 0.838. The molecule has 2 rings (SSSR count). The molecule has 0 aromatic heterocycles. The second kappa shape index (κ2) is 2.23. The van der Waals surface area contributed by atoms with Gasteiger partial charge in [0.05, 0.1) is 0 Å². The molecule has 1 aliphatic rings. The number of aryl methyl sites for hydroxylation is 2. The van der Waals surface area contributed by atoms with Crippen molar-refractivity contribution in [2.45, 2.75) is 19.8 Å². The van der Waals surface area contributed by atoms with E-state index in [0.29, 0.717) is 0 Å². The van der Waals surface area contributed by atoms with Crippen molar-refractivity contribution in [3.05, 3.63) is 41.5 Å². The van der Waals surface area contributed by atoms with Crippen molar-refractivity contribution >= 4 is 5.57 Å². The highest BCUT2D eigenvalue weighted by Gasteiger charge is 2.12. The standard InChI is InChI=1S/C11H12/c1-8(2)10-5-3-9-4-6-11(9)7-10/h3,5,7H,1,4,6H2,2H3. The third-order valence-corrected chi connectivity index (χ3v) is 2.36. The molecule has 0 saturated carbocycles. The summed E-state index contributed by atoms with van der Waals surface area (Å²) in [6.07, 6.45) is 2.53. The summed E-state index contributed by atoms with van der Waals surface area (Å²) in [5.74, 6) is 0. The van der Waals surface area contributed by atoms with Crippen molar-refractivity contribution in [2.24, 2.45) is 0 Å². The average molecular weight is 144 g/mol. The van der Waals surface area contributed by atoms with E-state index in [1.807, 2.05) is 0 Å². The summed E-state index contributed by atoms with van der Waals surface area (Å²) < 4.78 is 0. The van der Waals surface area contributed by atoms with E-state index in [9.17, 15) is 0 Å². The molecule has 0 N–H and O–H groups in total. The average Bonchev–Trinajstić information content (AvgIpc) is 1.91. The first-order valence-corrected chi connectivity index (χ1v) is 4.05. The largest absolute Gasteiger partial charge is 0.0955 e. The molecule has 56 valence electrons. The number of allylic oxidation sites excluding steroid dienone is 1. The fourth-order valence-corrected chi connectivity index (χ4v) is 1.46. The van der Waals surface area contributed by atoms with E-state index < -0.39 is 0 Å². The maximum absolute atomic E-state index is 3.92. The van der Waals surface area contributed by atoms with E-state index in [0.717, 1.165) is 0 Å². The number of benzene rings is 1. The SMILES string of the molecule is C=C(C)c1ccc2c(c1)CC2. The van der Waals surface area contributed by atoms with Gasteiger partial charge in [0, 0.05) is 0 Å². The van der Waals surface area contributed by atoms with Crippen LogP contribution < -0.4 is 0 Å². The van der Waals surface area contributed by atoms with Crippen molar-refractivity contribution in [1.29, 1.82) is 0 Å². The van der Waals surface area contributed by atoms with Gasteiger partial charge in [0.25, 0.3) is 0 Å². The molecule has 11 heavy (non-hydrogen) atoms. The normalized spacial score (nSPS) is 13.5. The minimum Gasteiger partial charge on any atom is -0.0955 e. The van der Waals surface area contributed by atoms with Gasteiger partial charge >= 0.3 is 0 Å². The first-order valence-electron chi connectivity index (χ1n) is 4.05. The van der Waals surface area contributed by atoms with Gasteiger partial charge in [0.15, 0.2) is 0 Å². The van der Waals surface area contributed by atoms with E-state index in [4.69, 9.17) is 0 Å². The fourth-order valence-electron chi connectivity index (χ4n) is 1.46. The highest BCUT2D eigenvalue weighted by atomic mass is 14.2. The number of fused-ring (bicyclic) bond motifs is 1. The van der Waals surface area contributed by atoms with Crippen LogP contribution >= 0.6 is 0 Å². The van der Waals surface area contributed by atoms with Crippen LogP contribution in [0.25, 0.3) is 5.57 Å². The van der Waals surface area contributed by atoms with E-state index >= 15 is 0 Å². The molecule has 0 spiro atoms. The Bertz CT molecular complexity index is 308. The van der Waals surface area contributed by atoms with Gasteiger partial charge in [-0.2, -0.15) is 0 Å². The maximum atomic E-state index is 3.92. The summed E-state index contributed by atoms with van der Waals surface area (Å²) in [6.45, 7) is 5.98. The lowest BCUT2D eigenvalue weighted by atomic mass is 9.86. The molecule has 0 aliphatic heterocycles. The molecule has 0 heteroatoms. The summed E-state index contributed by atoms with van der Waals surface area (Å²) in [5, 5.41) is 0. The third-order valence-electron chi connectivity index (χ3n) is 2.36. The van der Waals surface area contributed by atoms with Gasteiger partial charge in [0.2, 0.25) is 0 Å². The Labute approximate surface area is 67.6 Å². The van der Waals surface area contributed by atoms with Crippen LogP contribution in [0.2, 0.25) is 0 Å². The first kappa shape index (κ1) is 6.66. The minimum atomic E-state index is 1.17. The minimum absolute atomic E-state index is 1.17. The summed E-state index contributed by atoms with van der Waals surface area (Å²) in [7, 11) is 0. The van der Waals surface area contributed by atoms with Gasteiger partial charge in [-0.1, -0.05) is 30.4 Å². The molecule has 0 bridgehead atoms. The Balaban J connectivity index is 2.46. The molecule has 0 radical (unpaired) electrons. The topological polar surface area (TPSA) is 0 Å². The van der Waals surface area contributed by atoms with Gasteiger partial charge in [0.1, 0.15) is 0 Å². The van der Waals surface area contributed by atoms with E-state index in [1.54, 1.807) is 0 Å². The Kier molecular flexibility index (Phi) is 1.35. The molecular weight excluding hydrogens is 132 g/mol. The van der Waals surface area contributed by atoms with Crippen LogP contribution in [0.15, 0.2) is 24.8 Å². The molecule has 0 nitrogen and oxygen atoms in total. The molecule has 1 aromatic rings. The predicted molar refractivity (Wildman–Crippen MR) is 48.6 cm³/mol. The van der Waals surface area contributed by atoms with E-state index in [1.165, 1.54) is 35.1 Å². The molecule has 0 saturated heterocycles. The second-order valence-corrected chi connectivity index (χ2v) is 3.26. The fraction of sp³-hybridized carbons (Fsp3) is 0.273. The van der Waals surface area contributed by atoms with Gasteiger partial charge in [-0.15, -0.1) is 0 Å². The van der Waals surface area contributed by atoms with E-state index in [-0.39, 0.29) is 0 Å². The summed E-state index contributed by atoms with van der Waals surface area (Å²) in [4.78, 5) is 0. The van der Waals surface area contributed by atoms with Crippen molar-refractivity contribution in [3.63, 3.8) is 0 Å². The molecule has 1 aliphatic carbocycles. The number of rotatable bonds is 1. The van der Waals surface area contributed by atoms with Crippen LogP contribution in [0.5, 0.6) is 0 Å². The van der Waals surface area contributed by atoms with Crippen LogP contribution in [-0.4, -0.2) is 0 Å². The smallest absolute Gasteiger partial charge is 0.0230 e. The van der Waals surface area contributed by atoms with Crippen LogP contribution in [0.4, 0.5) is 0 Å². The van der Waals surface area contributed by atoms with Crippen LogP contribution in [-0.2, 0) is 12.8 Å². The molecule has 0 atom stereocenters. The molecule has 0 amide bonds. The van der Waals surface area contributed by atoms with Crippen LogP contribution in [0.3, 0.4) is 0 Å². The predicted octanol–water partition coefficient (Wildman–Crippen LogP) is 2.82. The second-order valence-electron chi connectivity index (χ2n) is 3.26. The summed E-state index contributed by atoms with van der Waals surface area (Å²) in [5.41, 5.74) is 5.50. The number of hydrogen-bond donors (Lipinski definition) is 0. The maximum Gasteiger partial charge on any atom is -0.0230 e. The van der Waals surface area contributed by atoms with Crippen molar-refractivity contribution in [1.82, 2.24) is 0 Å². The van der Waals surface area contributed by atoms with Gasteiger partial charge in [-0.05, 0) is 36.5 Å². The monoisotopic (exact) mass is 144 g/mol. The zero-order valence-electron chi connectivity index (χ0n) is 6.85. The zero-order chi connectivity index (χ0) is 7.84. The Morgan fingerprint density at radius 1 is 1.27 bits per heavy atom. The summed E-state index contributed by atoms with van der Waals surface area (Å²) >= 11 is 0. The van der Waals surface area contributed by atoms with E-state index in [2.05, 4.69) is 31.7 Å². The Morgan fingerprint density at radius 2 is 2.00 bits per heavy atom. The Hall–Kier alpha value is -1.04. The lowest BCUT2D eigenvalue weighted by Gasteiger charge is -2.19. The Morgan fingerprint density at radius 3 is 2.45 bits per heavy atom. The van der Waals surface area contributed by atoms with Crippen LogP contribution in [0, 0.1) is 0 Å². The van der Waals surface area contributed by atoms with Gasteiger partial charge < -0.3 is 0 Å². The molecular formula is C11H12. The lowest BCUT2D eigenvalue weighted by Crippen LogP contribution is -2.07. The molecule has 1 aromatic carbocycles. The first-order chi connectivity index (χ1) is 5.27. The van der Waals surface area contributed by atoms with Gasteiger partial charge in [-0.25, -0.2) is 0 Å². The van der Waals surface area contributed by atoms with Gasteiger partial charge in [-0.3, -0.25) is 0 Å². The quantitative estimate of drug-likeness (QED) is 0.568. The summed E-state index contributed by atoms with van der Waals surface area (Å²) in [6, 6.07) is 6.66. The third kappa shape index (κ3) is 0.988. The van der Waals surface area contributed by atoms with Crippen molar-refractivity contribution in [2.75, 3.05) is 0 Å². The number of hydrogen-bond acceptors (Lipinski definition) is 0. The highest BCUT2D eigenvalue weighted by molar-refractivity contribution is 5.63. The molecule has 0 fully saturated rings. The van der Waals surface area contributed by atoms with Crippen molar-refractivity contribution < 1.29 is 0 Å². The van der Waals surface area contributed by atoms with Crippen molar-refractivity contribution in [3.8, 4) is 0 Å². The molecule has 0 heterocycles.